The molecule has 2 heterocycles. The Hall–Kier alpha value is -2.25. The van der Waals surface area contributed by atoms with Crippen molar-refractivity contribution in [2.24, 2.45) is 0 Å². The first-order valence-electron chi connectivity index (χ1n) is 8.68. The summed E-state index contributed by atoms with van der Waals surface area (Å²) in [5.74, 6) is 0.0325. The molecule has 3 rings (SSSR count). The van der Waals surface area contributed by atoms with E-state index in [1.807, 2.05) is 41.3 Å². The predicted molar refractivity (Wildman–Crippen MR) is 100 cm³/mol. The fourth-order valence-corrected chi connectivity index (χ4v) is 3.78. The minimum Gasteiger partial charge on any atom is -0.332 e. The lowest BCUT2D eigenvalue weighted by molar-refractivity contribution is 0.0735. The van der Waals surface area contributed by atoms with E-state index in [-0.39, 0.29) is 11.9 Å². The summed E-state index contributed by atoms with van der Waals surface area (Å²) in [6, 6.07) is 11.4. The number of carbonyl (C=O) groups is 1. The number of amides is 1. The third kappa shape index (κ3) is 4.68. The number of nitrogens with one attached hydrogen (secondary N) is 1. The summed E-state index contributed by atoms with van der Waals surface area (Å²) < 4.78 is 24.7. The van der Waals surface area contributed by atoms with E-state index in [0.29, 0.717) is 18.5 Å². The van der Waals surface area contributed by atoms with Crippen molar-refractivity contribution in [1.82, 2.24) is 14.6 Å². The molecule has 7 heteroatoms. The van der Waals surface area contributed by atoms with Crippen LogP contribution in [-0.4, -0.2) is 43.6 Å². The second-order valence-corrected chi connectivity index (χ2v) is 8.38. The van der Waals surface area contributed by atoms with Gasteiger partial charge in [-0.2, -0.15) is 0 Å². The highest BCUT2D eigenvalue weighted by Crippen LogP contribution is 2.32. The van der Waals surface area contributed by atoms with Crippen LogP contribution < -0.4 is 4.72 Å². The molecule has 0 radical (unpaired) electrons. The van der Waals surface area contributed by atoms with Gasteiger partial charge in [-0.25, -0.2) is 13.1 Å². The summed E-state index contributed by atoms with van der Waals surface area (Å²) in [5, 5.41) is 0. The SMILES string of the molecule is CS(=O)(=O)NCCc1ccc(C(=O)N2CCC[C@H]2c2ccncc2)cc1. The fraction of sp³-hybridized carbons (Fsp3) is 0.368. The Morgan fingerprint density at radius 3 is 2.54 bits per heavy atom. The maximum Gasteiger partial charge on any atom is 0.254 e. The fourth-order valence-electron chi connectivity index (χ4n) is 3.30. The molecule has 6 nitrogen and oxygen atoms in total. The van der Waals surface area contributed by atoms with Crippen molar-refractivity contribution in [2.75, 3.05) is 19.3 Å². The first kappa shape index (κ1) is 18.5. The van der Waals surface area contributed by atoms with E-state index < -0.39 is 10.0 Å². The van der Waals surface area contributed by atoms with Crippen LogP contribution in [0.5, 0.6) is 0 Å². The van der Waals surface area contributed by atoms with Crippen molar-refractivity contribution in [3.05, 3.63) is 65.5 Å². The van der Waals surface area contributed by atoms with Crippen LogP contribution in [0.4, 0.5) is 0 Å². The van der Waals surface area contributed by atoms with Crippen LogP contribution in [-0.2, 0) is 16.4 Å². The second-order valence-electron chi connectivity index (χ2n) is 6.55. The Kier molecular flexibility index (Phi) is 5.68. The van der Waals surface area contributed by atoms with E-state index in [0.717, 1.165) is 36.8 Å². The number of sulfonamides is 1. The molecule has 1 aliphatic heterocycles. The molecule has 0 spiro atoms. The lowest BCUT2D eigenvalue weighted by atomic mass is 10.0. The van der Waals surface area contributed by atoms with Crippen molar-refractivity contribution >= 4 is 15.9 Å². The quantitative estimate of drug-likeness (QED) is 0.841. The highest BCUT2D eigenvalue weighted by Gasteiger charge is 2.30. The molecular weight excluding hydrogens is 350 g/mol. The van der Waals surface area contributed by atoms with Crippen molar-refractivity contribution in [1.29, 1.82) is 0 Å². The lowest BCUT2D eigenvalue weighted by Crippen LogP contribution is -2.30. The van der Waals surface area contributed by atoms with Crippen molar-refractivity contribution in [3.63, 3.8) is 0 Å². The summed E-state index contributed by atoms with van der Waals surface area (Å²) in [7, 11) is -3.17. The Morgan fingerprint density at radius 2 is 1.88 bits per heavy atom. The molecule has 0 unspecified atom stereocenters. The predicted octanol–water partition coefficient (Wildman–Crippen LogP) is 2.15. The van der Waals surface area contributed by atoms with E-state index in [9.17, 15) is 13.2 Å². The number of likely N-dealkylation sites (tertiary alicyclic amines) is 1. The molecule has 138 valence electrons. The first-order valence-corrected chi connectivity index (χ1v) is 10.6. The van der Waals surface area contributed by atoms with Crippen LogP contribution in [0.25, 0.3) is 0 Å². The van der Waals surface area contributed by atoms with Gasteiger partial charge in [0, 0.05) is 31.0 Å². The topological polar surface area (TPSA) is 79.4 Å². The smallest absolute Gasteiger partial charge is 0.254 e. The molecule has 0 aliphatic carbocycles. The number of aromatic nitrogens is 1. The minimum absolute atomic E-state index is 0.0325. The number of benzene rings is 1. The van der Waals surface area contributed by atoms with Crippen LogP contribution in [0, 0.1) is 0 Å². The third-order valence-corrected chi connectivity index (χ3v) is 5.31. The Bertz CT molecular complexity index is 851. The number of carbonyl (C=O) groups excluding carboxylic acids is 1. The molecular formula is C19H23N3O3S. The number of hydrogen-bond acceptors (Lipinski definition) is 4. The largest absolute Gasteiger partial charge is 0.332 e. The Labute approximate surface area is 154 Å². The monoisotopic (exact) mass is 373 g/mol. The molecule has 1 N–H and O–H groups in total. The zero-order valence-corrected chi connectivity index (χ0v) is 15.6. The van der Waals surface area contributed by atoms with Gasteiger partial charge in [-0.05, 0) is 54.7 Å². The van der Waals surface area contributed by atoms with Crippen LogP contribution in [0.2, 0.25) is 0 Å². The van der Waals surface area contributed by atoms with Gasteiger partial charge in [-0.1, -0.05) is 12.1 Å². The van der Waals surface area contributed by atoms with Crippen LogP contribution in [0.15, 0.2) is 48.8 Å². The molecule has 0 saturated carbocycles. The molecule has 1 atom stereocenters. The maximum absolute atomic E-state index is 12.9. The number of pyridine rings is 1. The second kappa shape index (κ2) is 7.97. The van der Waals surface area contributed by atoms with Gasteiger partial charge < -0.3 is 4.90 Å². The molecule has 1 aromatic heterocycles. The summed E-state index contributed by atoms with van der Waals surface area (Å²) in [4.78, 5) is 18.9. The van der Waals surface area contributed by atoms with Gasteiger partial charge in [0.2, 0.25) is 10.0 Å². The number of nitrogens with zero attached hydrogens (tertiary/aromatic N) is 2. The molecule has 1 saturated heterocycles. The van der Waals surface area contributed by atoms with E-state index in [2.05, 4.69) is 9.71 Å². The van der Waals surface area contributed by atoms with Gasteiger partial charge in [0.1, 0.15) is 0 Å². The zero-order valence-electron chi connectivity index (χ0n) is 14.8. The van der Waals surface area contributed by atoms with E-state index >= 15 is 0 Å². The van der Waals surface area contributed by atoms with Gasteiger partial charge in [0.25, 0.3) is 5.91 Å². The molecule has 1 amide bonds. The normalized spacial score (nSPS) is 17.4. The van der Waals surface area contributed by atoms with Crippen LogP contribution in [0.3, 0.4) is 0 Å². The third-order valence-electron chi connectivity index (χ3n) is 4.58. The first-order chi connectivity index (χ1) is 12.4. The summed E-state index contributed by atoms with van der Waals surface area (Å²) in [6.07, 6.45) is 7.21. The van der Waals surface area contributed by atoms with Gasteiger partial charge in [0.15, 0.2) is 0 Å². The molecule has 2 aromatic rings. The summed E-state index contributed by atoms with van der Waals surface area (Å²) in [5.41, 5.74) is 2.77. The van der Waals surface area contributed by atoms with Gasteiger partial charge in [-0.15, -0.1) is 0 Å². The number of rotatable bonds is 6. The molecule has 0 bridgehead atoms. The summed E-state index contributed by atoms with van der Waals surface area (Å²) in [6.45, 7) is 1.11. The molecule has 1 aliphatic rings. The average molecular weight is 373 g/mol. The zero-order chi connectivity index (χ0) is 18.6. The molecule has 1 fully saturated rings. The van der Waals surface area contributed by atoms with Crippen molar-refractivity contribution in [3.8, 4) is 0 Å². The molecule has 26 heavy (non-hydrogen) atoms. The maximum atomic E-state index is 12.9. The van der Waals surface area contributed by atoms with E-state index in [1.165, 1.54) is 0 Å². The minimum atomic E-state index is -3.17. The Balaban J connectivity index is 1.66. The highest BCUT2D eigenvalue weighted by molar-refractivity contribution is 7.88. The van der Waals surface area contributed by atoms with Crippen molar-refractivity contribution < 1.29 is 13.2 Å². The van der Waals surface area contributed by atoms with Crippen molar-refractivity contribution in [2.45, 2.75) is 25.3 Å². The van der Waals surface area contributed by atoms with Gasteiger partial charge in [0.05, 0.1) is 12.3 Å². The lowest BCUT2D eigenvalue weighted by Gasteiger charge is -2.25. The number of hydrogen-bond donors (Lipinski definition) is 1. The van der Waals surface area contributed by atoms with Crippen LogP contribution >= 0.6 is 0 Å². The van der Waals surface area contributed by atoms with E-state index in [4.69, 9.17) is 0 Å². The van der Waals surface area contributed by atoms with Crippen LogP contribution in [0.1, 0.15) is 40.4 Å². The van der Waals surface area contributed by atoms with Gasteiger partial charge in [-0.3, -0.25) is 9.78 Å². The standard InChI is InChI=1S/C19H23N3O3S/c1-26(24,25)21-13-8-15-4-6-17(7-5-15)19(23)22-14-2-3-18(22)16-9-11-20-12-10-16/h4-7,9-12,18,21H,2-3,8,13-14H2,1H3/t18-/m0/s1. The Morgan fingerprint density at radius 1 is 1.19 bits per heavy atom. The average Bonchev–Trinajstić information content (AvgIpc) is 3.11. The summed E-state index contributed by atoms with van der Waals surface area (Å²) >= 11 is 0. The van der Waals surface area contributed by atoms with E-state index in [1.54, 1.807) is 12.4 Å². The highest BCUT2D eigenvalue weighted by atomic mass is 32.2. The van der Waals surface area contributed by atoms with Gasteiger partial charge >= 0.3 is 0 Å². The molecule has 1 aromatic carbocycles.